The molecule has 86 valence electrons. The average Bonchev–Trinajstić information content (AvgIpc) is 2.66. The molecule has 2 heterocycles. The zero-order chi connectivity index (χ0) is 11.6. The smallest absolute Gasteiger partial charge is 0.241 e. The summed E-state index contributed by atoms with van der Waals surface area (Å²) in [5.41, 5.74) is 0. The van der Waals surface area contributed by atoms with E-state index in [0.29, 0.717) is 5.82 Å². The Kier molecular flexibility index (Phi) is 3.54. The maximum absolute atomic E-state index is 12.1. The van der Waals surface area contributed by atoms with Crippen molar-refractivity contribution < 1.29 is 4.79 Å². The molecule has 2 rings (SSSR count). The lowest BCUT2D eigenvalue weighted by Crippen LogP contribution is -2.34. The van der Waals surface area contributed by atoms with Gasteiger partial charge in [0.2, 0.25) is 5.91 Å². The number of nitrogens with zero attached hydrogens (tertiary/aromatic N) is 1. The highest BCUT2D eigenvalue weighted by atomic mass is 79.9. The van der Waals surface area contributed by atoms with Crippen LogP contribution < -0.4 is 5.32 Å². The molecule has 1 aromatic heterocycles. The number of thioether (sulfide) groups is 1. The second kappa shape index (κ2) is 4.75. The summed E-state index contributed by atoms with van der Waals surface area (Å²) < 4.78 is 0.443. The van der Waals surface area contributed by atoms with Gasteiger partial charge >= 0.3 is 0 Å². The van der Waals surface area contributed by atoms with Crippen LogP contribution in [-0.4, -0.2) is 21.4 Å². The van der Waals surface area contributed by atoms with E-state index in [4.69, 9.17) is 0 Å². The first-order valence-corrected chi connectivity index (χ1v) is 6.96. The van der Waals surface area contributed by atoms with Gasteiger partial charge in [-0.05, 0) is 53.6 Å². The maximum Gasteiger partial charge on any atom is 0.241 e. The molecule has 1 aliphatic heterocycles. The SMILES string of the molecule is CC1(C(=O)Nc2cccc(Br)n2)CCCS1. The van der Waals surface area contributed by atoms with Crippen molar-refractivity contribution in [3.8, 4) is 0 Å². The van der Waals surface area contributed by atoms with Crippen LogP contribution in [0.5, 0.6) is 0 Å². The maximum atomic E-state index is 12.1. The first-order chi connectivity index (χ1) is 7.60. The van der Waals surface area contributed by atoms with Gasteiger partial charge < -0.3 is 5.32 Å². The number of rotatable bonds is 2. The summed E-state index contributed by atoms with van der Waals surface area (Å²) in [6.07, 6.45) is 2.05. The standard InChI is InChI=1S/C11H13BrN2OS/c1-11(6-3-7-16-11)10(15)14-9-5-2-4-8(12)13-9/h2,4-5H,3,6-7H2,1H3,(H,13,14,15). The van der Waals surface area contributed by atoms with E-state index < -0.39 is 0 Å². The number of pyridine rings is 1. The molecule has 0 aromatic carbocycles. The molecule has 0 aliphatic carbocycles. The molecule has 3 nitrogen and oxygen atoms in total. The van der Waals surface area contributed by atoms with Crippen LogP contribution in [-0.2, 0) is 4.79 Å². The molecule has 1 amide bonds. The Morgan fingerprint density at radius 3 is 3.06 bits per heavy atom. The lowest BCUT2D eigenvalue weighted by atomic mass is 10.1. The monoisotopic (exact) mass is 300 g/mol. The number of halogens is 1. The van der Waals surface area contributed by atoms with Gasteiger partial charge in [0.1, 0.15) is 10.4 Å². The Bertz CT molecular complexity index is 405. The lowest BCUT2D eigenvalue weighted by Gasteiger charge is -2.20. The Morgan fingerprint density at radius 1 is 1.62 bits per heavy atom. The lowest BCUT2D eigenvalue weighted by molar-refractivity contribution is -0.118. The molecule has 1 N–H and O–H groups in total. The number of amides is 1. The number of hydrogen-bond donors (Lipinski definition) is 1. The highest BCUT2D eigenvalue weighted by Gasteiger charge is 2.37. The van der Waals surface area contributed by atoms with Crippen LogP contribution in [0.4, 0.5) is 5.82 Å². The topological polar surface area (TPSA) is 42.0 Å². The van der Waals surface area contributed by atoms with Crippen LogP contribution in [0.15, 0.2) is 22.8 Å². The van der Waals surface area contributed by atoms with E-state index in [2.05, 4.69) is 26.2 Å². The molecule has 1 atom stereocenters. The van der Waals surface area contributed by atoms with Gasteiger partial charge in [-0.25, -0.2) is 4.98 Å². The molecule has 0 bridgehead atoms. The van der Waals surface area contributed by atoms with Crippen molar-refractivity contribution in [3.63, 3.8) is 0 Å². The summed E-state index contributed by atoms with van der Waals surface area (Å²) in [4.78, 5) is 16.3. The van der Waals surface area contributed by atoms with E-state index in [1.54, 1.807) is 17.8 Å². The molecule has 1 saturated heterocycles. The number of anilines is 1. The van der Waals surface area contributed by atoms with Crippen molar-refractivity contribution in [3.05, 3.63) is 22.8 Å². The van der Waals surface area contributed by atoms with Crippen molar-refractivity contribution in [1.82, 2.24) is 4.98 Å². The zero-order valence-corrected chi connectivity index (χ0v) is 11.4. The van der Waals surface area contributed by atoms with Crippen LogP contribution in [0.1, 0.15) is 19.8 Å². The summed E-state index contributed by atoms with van der Waals surface area (Å²) >= 11 is 5.01. The van der Waals surface area contributed by atoms with E-state index in [0.717, 1.165) is 23.2 Å². The van der Waals surface area contributed by atoms with Crippen molar-refractivity contribution >= 4 is 39.4 Å². The minimum atomic E-state index is -0.288. The summed E-state index contributed by atoms with van der Waals surface area (Å²) in [5, 5.41) is 2.86. The first kappa shape index (κ1) is 11.9. The third-order valence-corrected chi connectivity index (χ3v) is 4.62. The van der Waals surface area contributed by atoms with E-state index in [1.165, 1.54) is 0 Å². The normalized spacial score (nSPS) is 24.4. The Labute approximate surface area is 108 Å². The van der Waals surface area contributed by atoms with Gasteiger partial charge in [-0.15, -0.1) is 11.8 Å². The fourth-order valence-electron chi connectivity index (χ4n) is 1.68. The molecule has 1 aliphatic rings. The molecule has 0 radical (unpaired) electrons. The molecule has 0 spiro atoms. The number of carbonyl (C=O) groups excluding carboxylic acids is 1. The average molecular weight is 301 g/mol. The molecule has 1 fully saturated rings. The molecule has 1 unspecified atom stereocenters. The van der Waals surface area contributed by atoms with Crippen LogP contribution in [0.25, 0.3) is 0 Å². The fourth-order valence-corrected chi connectivity index (χ4v) is 3.24. The minimum absolute atomic E-state index is 0.0561. The van der Waals surface area contributed by atoms with E-state index in [-0.39, 0.29) is 10.7 Å². The summed E-state index contributed by atoms with van der Waals surface area (Å²) in [7, 11) is 0. The molecule has 0 saturated carbocycles. The molecule has 1 aromatic rings. The second-order valence-corrected chi connectivity index (χ2v) is 6.39. The van der Waals surface area contributed by atoms with E-state index >= 15 is 0 Å². The van der Waals surface area contributed by atoms with E-state index in [9.17, 15) is 4.79 Å². The van der Waals surface area contributed by atoms with Gasteiger partial charge in [-0.2, -0.15) is 0 Å². The number of carbonyl (C=O) groups is 1. The molecule has 5 heteroatoms. The van der Waals surface area contributed by atoms with Gasteiger partial charge in [0.25, 0.3) is 0 Å². The Hall–Kier alpha value is -0.550. The third kappa shape index (κ3) is 2.58. The molecular weight excluding hydrogens is 288 g/mol. The predicted octanol–water partition coefficient (Wildman–Crippen LogP) is 3.07. The van der Waals surface area contributed by atoms with Crippen LogP contribution in [0, 0.1) is 0 Å². The van der Waals surface area contributed by atoms with Crippen LogP contribution in [0.2, 0.25) is 0 Å². The number of aromatic nitrogens is 1. The van der Waals surface area contributed by atoms with E-state index in [1.807, 2.05) is 19.1 Å². The first-order valence-electron chi connectivity index (χ1n) is 5.18. The highest BCUT2D eigenvalue weighted by molar-refractivity contribution is 9.10. The third-order valence-electron chi connectivity index (χ3n) is 2.66. The van der Waals surface area contributed by atoms with Crippen LogP contribution in [0.3, 0.4) is 0 Å². The molecule has 16 heavy (non-hydrogen) atoms. The van der Waals surface area contributed by atoms with Crippen molar-refractivity contribution in [2.24, 2.45) is 0 Å². The second-order valence-electron chi connectivity index (χ2n) is 3.98. The predicted molar refractivity (Wildman–Crippen MR) is 70.7 cm³/mol. The van der Waals surface area contributed by atoms with Gasteiger partial charge in [0, 0.05) is 0 Å². The summed E-state index contributed by atoms with van der Waals surface area (Å²) in [6.45, 7) is 2.00. The molecular formula is C11H13BrN2OS. The van der Waals surface area contributed by atoms with Crippen molar-refractivity contribution in [2.45, 2.75) is 24.5 Å². The zero-order valence-electron chi connectivity index (χ0n) is 9.00. The van der Waals surface area contributed by atoms with Gasteiger partial charge in [-0.3, -0.25) is 4.79 Å². The van der Waals surface area contributed by atoms with Crippen molar-refractivity contribution in [2.75, 3.05) is 11.1 Å². The van der Waals surface area contributed by atoms with Gasteiger partial charge in [0.05, 0.1) is 4.75 Å². The fraction of sp³-hybridized carbons (Fsp3) is 0.455. The number of nitrogens with one attached hydrogen (secondary N) is 1. The van der Waals surface area contributed by atoms with Gasteiger partial charge in [0.15, 0.2) is 0 Å². The van der Waals surface area contributed by atoms with Gasteiger partial charge in [-0.1, -0.05) is 6.07 Å². The Balaban J connectivity index is 2.07. The highest BCUT2D eigenvalue weighted by Crippen LogP contribution is 2.38. The number of hydrogen-bond acceptors (Lipinski definition) is 3. The summed E-state index contributed by atoms with van der Waals surface area (Å²) in [6, 6.07) is 5.49. The minimum Gasteiger partial charge on any atom is -0.309 e. The largest absolute Gasteiger partial charge is 0.309 e. The Morgan fingerprint density at radius 2 is 2.44 bits per heavy atom. The van der Waals surface area contributed by atoms with Crippen LogP contribution >= 0.6 is 27.7 Å². The summed E-state index contributed by atoms with van der Waals surface area (Å²) in [5.74, 6) is 1.73. The van der Waals surface area contributed by atoms with Crippen molar-refractivity contribution in [1.29, 1.82) is 0 Å². The quantitative estimate of drug-likeness (QED) is 0.854.